The first-order valence-corrected chi connectivity index (χ1v) is 7.66. The summed E-state index contributed by atoms with van der Waals surface area (Å²) in [5, 5.41) is 0.328. The molecule has 3 rings (SSSR count). The molecule has 0 amide bonds. The number of hydrogen-bond donors (Lipinski definition) is 0. The van der Waals surface area contributed by atoms with Crippen LogP contribution in [0.2, 0.25) is 5.15 Å². The topological polar surface area (TPSA) is 62.6 Å². The van der Waals surface area contributed by atoms with E-state index in [1.54, 1.807) is 42.5 Å². The average Bonchev–Trinajstić information content (AvgIpc) is 2.42. The Kier molecular flexibility index (Phi) is 3.19. The van der Waals surface area contributed by atoms with Gasteiger partial charge in [-0.3, -0.25) is 4.31 Å². The van der Waals surface area contributed by atoms with E-state index in [0.29, 0.717) is 16.5 Å². The van der Waals surface area contributed by atoms with Gasteiger partial charge in [0.05, 0.1) is 17.9 Å². The number of sulfonamides is 1. The zero-order chi connectivity index (χ0) is 14.2. The number of para-hydroxylation sites is 1. The fourth-order valence-electron chi connectivity index (χ4n) is 1.92. The summed E-state index contributed by atoms with van der Waals surface area (Å²) in [7, 11) is -3.59. The summed E-state index contributed by atoms with van der Waals surface area (Å²) >= 11 is 5.80. The Bertz CT molecular complexity index is 790. The Labute approximate surface area is 121 Å². The number of hydrogen-bond acceptors (Lipinski definition) is 4. The van der Waals surface area contributed by atoms with Gasteiger partial charge in [-0.15, -0.1) is 0 Å². The van der Waals surface area contributed by atoms with E-state index in [1.807, 2.05) is 0 Å². The van der Waals surface area contributed by atoms with Gasteiger partial charge < -0.3 is 0 Å². The van der Waals surface area contributed by atoms with Crippen molar-refractivity contribution in [1.29, 1.82) is 0 Å². The molecule has 0 bridgehead atoms. The number of fused-ring (bicyclic) bond motifs is 1. The summed E-state index contributed by atoms with van der Waals surface area (Å²) in [6.45, 7) is 0.0979. The highest BCUT2D eigenvalue weighted by atomic mass is 35.5. The molecule has 20 heavy (non-hydrogen) atoms. The van der Waals surface area contributed by atoms with Gasteiger partial charge in [-0.05, 0) is 24.3 Å². The van der Waals surface area contributed by atoms with E-state index >= 15 is 0 Å². The highest BCUT2D eigenvalue weighted by molar-refractivity contribution is 7.89. The molecule has 0 spiro atoms. The van der Waals surface area contributed by atoms with E-state index in [2.05, 4.69) is 9.98 Å². The first kappa shape index (κ1) is 13.1. The lowest BCUT2D eigenvalue weighted by Gasteiger charge is -2.23. The van der Waals surface area contributed by atoms with Crippen LogP contribution in [0, 0.1) is 0 Å². The molecule has 1 aromatic carbocycles. The van der Waals surface area contributed by atoms with Gasteiger partial charge in [0, 0.05) is 0 Å². The normalized spacial score (nSPS) is 15.9. The number of aliphatic imine (C=N–C) groups is 1. The molecule has 0 atom stereocenters. The Morgan fingerprint density at radius 2 is 1.90 bits per heavy atom. The van der Waals surface area contributed by atoms with E-state index in [4.69, 9.17) is 11.6 Å². The van der Waals surface area contributed by atoms with Gasteiger partial charge in [-0.1, -0.05) is 29.8 Å². The molecule has 2 aromatic rings. The molecule has 1 aliphatic heterocycles. The molecule has 0 N–H and O–H groups in total. The molecular weight excluding hydrogens is 298 g/mol. The van der Waals surface area contributed by atoms with Crippen LogP contribution in [-0.4, -0.2) is 24.0 Å². The number of benzene rings is 1. The first-order chi connectivity index (χ1) is 9.57. The highest BCUT2D eigenvalue weighted by Gasteiger charge is 2.28. The number of pyridine rings is 1. The van der Waals surface area contributed by atoms with Crippen molar-refractivity contribution in [2.24, 2.45) is 4.99 Å². The zero-order valence-corrected chi connectivity index (χ0v) is 11.8. The predicted octanol–water partition coefficient (Wildman–Crippen LogP) is 2.60. The fourth-order valence-corrected chi connectivity index (χ4v) is 3.46. The minimum absolute atomic E-state index is 0.0979. The quantitative estimate of drug-likeness (QED) is 0.801. The van der Waals surface area contributed by atoms with Crippen LogP contribution in [0.1, 0.15) is 5.69 Å². The second-order valence-corrected chi connectivity index (χ2v) is 6.46. The third-order valence-corrected chi connectivity index (χ3v) is 4.82. The standard InChI is InChI=1S/C13H10ClN3O2S/c14-13-7-3-4-10(16-13)8-17-9-15-11-5-1-2-6-12(11)20(17,18)19/h1-7,9H,8H2. The molecule has 1 aliphatic rings. The van der Waals surface area contributed by atoms with Crippen LogP contribution in [0.15, 0.2) is 52.4 Å². The van der Waals surface area contributed by atoms with Crippen LogP contribution >= 0.6 is 11.6 Å². The second-order valence-electron chi connectivity index (χ2n) is 4.21. The molecule has 2 heterocycles. The predicted molar refractivity (Wildman–Crippen MR) is 76.6 cm³/mol. The Morgan fingerprint density at radius 1 is 1.10 bits per heavy atom. The van der Waals surface area contributed by atoms with Crippen LogP contribution in [0.5, 0.6) is 0 Å². The molecule has 5 nitrogen and oxygen atoms in total. The van der Waals surface area contributed by atoms with Gasteiger partial charge >= 0.3 is 0 Å². The van der Waals surface area contributed by atoms with Gasteiger partial charge in [0.2, 0.25) is 0 Å². The Balaban J connectivity index is 1.98. The van der Waals surface area contributed by atoms with Crippen molar-refractivity contribution in [3.05, 3.63) is 53.3 Å². The maximum absolute atomic E-state index is 12.5. The number of aromatic nitrogens is 1. The molecular formula is C13H10ClN3O2S. The number of rotatable bonds is 2. The smallest absolute Gasteiger partial charge is 0.250 e. The van der Waals surface area contributed by atoms with Crippen molar-refractivity contribution < 1.29 is 8.42 Å². The van der Waals surface area contributed by atoms with E-state index < -0.39 is 10.0 Å². The lowest BCUT2D eigenvalue weighted by atomic mass is 10.3. The molecule has 0 saturated carbocycles. The molecule has 1 aromatic heterocycles. The minimum Gasteiger partial charge on any atom is -0.250 e. The maximum atomic E-state index is 12.5. The average molecular weight is 308 g/mol. The SMILES string of the molecule is O=S1(=O)c2ccccc2N=CN1Cc1cccc(Cl)n1. The maximum Gasteiger partial charge on any atom is 0.267 e. The summed E-state index contributed by atoms with van der Waals surface area (Å²) in [6, 6.07) is 11.7. The lowest BCUT2D eigenvalue weighted by molar-refractivity contribution is 0.518. The second kappa shape index (κ2) is 4.88. The molecule has 0 unspecified atom stereocenters. The lowest BCUT2D eigenvalue weighted by Crippen LogP contribution is -2.31. The van der Waals surface area contributed by atoms with Crippen LogP contribution in [0.3, 0.4) is 0 Å². The summed E-state index contributed by atoms with van der Waals surface area (Å²) in [4.78, 5) is 8.43. The first-order valence-electron chi connectivity index (χ1n) is 5.84. The minimum atomic E-state index is -3.59. The van der Waals surface area contributed by atoms with Gasteiger partial charge in [0.1, 0.15) is 16.4 Å². The third kappa shape index (κ3) is 2.28. The van der Waals surface area contributed by atoms with E-state index in [0.717, 1.165) is 4.31 Å². The van der Waals surface area contributed by atoms with E-state index in [9.17, 15) is 8.42 Å². The van der Waals surface area contributed by atoms with Crippen LogP contribution < -0.4 is 0 Å². The zero-order valence-electron chi connectivity index (χ0n) is 10.3. The van der Waals surface area contributed by atoms with E-state index in [1.165, 1.54) is 6.34 Å². The van der Waals surface area contributed by atoms with Gasteiger partial charge in [-0.2, -0.15) is 0 Å². The highest BCUT2D eigenvalue weighted by Crippen LogP contribution is 2.30. The number of halogens is 1. The van der Waals surface area contributed by atoms with Gasteiger partial charge in [0.25, 0.3) is 10.0 Å². The monoisotopic (exact) mass is 307 g/mol. The largest absolute Gasteiger partial charge is 0.267 e. The van der Waals surface area contributed by atoms with Crippen molar-refractivity contribution in [2.75, 3.05) is 0 Å². The van der Waals surface area contributed by atoms with Gasteiger partial charge in [0.15, 0.2) is 0 Å². The summed E-state index contributed by atoms with van der Waals surface area (Å²) in [5.41, 5.74) is 1.01. The summed E-state index contributed by atoms with van der Waals surface area (Å²) in [6.07, 6.45) is 1.31. The van der Waals surface area contributed by atoms with Crippen LogP contribution in [-0.2, 0) is 16.6 Å². The molecule has 0 radical (unpaired) electrons. The Morgan fingerprint density at radius 3 is 2.70 bits per heavy atom. The van der Waals surface area contributed by atoms with Crippen LogP contribution in [0.4, 0.5) is 5.69 Å². The van der Waals surface area contributed by atoms with Crippen LogP contribution in [0.25, 0.3) is 0 Å². The van der Waals surface area contributed by atoms with Crippen molar-refractivity contribution in [3.63, 3.8) is 0 Å². The third-order valence-electron chi connectivity index (χ3n) is 2.87. The van der Waals surface area contributed by atoms with E-state index in [-0.39, 0.29) is 11.4 Å². The summed E-state index contributed by atoms with van der Waals surface area (Å²) in [5.74, 6) is 0. The van der Waals surface area contributed by atoms with Gasteiger partial charge in [-0.25, -0.2) is 18.4 Å². The van der Waals surface area contributed by atoms with Crippen molar-refractivity contribution in [1.82, 2.24) is 9.29 Å². The Hall–Kier alpha value is -1.92. The molecule has 0 fully saturated rings. The number of nitrogens with zero attached hydrogens (tertiary/aromatic N) is 3. The summed E-state index contributed by atoms with van der Waals surface area (Å²) < 4.78 is 26.1. The van der Waals surface area contributed by atoms with Crippen molar-refractivity contribution in [2.45, 2.75) is 11.4 Å². The fraction of sp³-hybridized carbons (Fsp3) is 0.0769. The van der Waals surface area contributed by atoms with Crippen molar-refractivity contribution >= 4 is 33.7 Å². The molecule has 0 saturated heterocycles. The van der Waals surface area contributed by atoms with Crippen molar-refractivity contribution in [3.8, 4) is 0 Å². The molecule has 0 aliphatic carbocycles. The molecule has 102 valence electrons. The molecule has 7 heteroatoms.